The van der Waals surface area contributed by atoms with Gasteiger partial charge in [0.25, 0.3) is 11.6 Å². The van der Waals surface area contributed by atoms with Gasteiger partial charge >= 0.3 is 5.97 Å². The number of aliphatic carboxylic acids is 1. The van der Waals surface area contributed by atoms with Crippen LogP contribution in [0.1, 0.15) is 30.6 Å². The molecule has 0 spiro atoms. The molecule has 144 valence electrons. The Balaban J connectivity index is 2.50. The van der Waals surface area contributed by atoms with Crippen molar-refractivity contribution in [3.8, 4) is 0 Å². The predicted molar refractivity (Wildman–Crippen MR) is 101 cm³/mol. The molecule has 2 rings (SSSR count). The smallest absolute Gasteiger partial charge is 0.308 e. The highest BCUT2D eigenvalue weighted by Crippen LogP contribution is 2.36. The summed E-state index contributed by atoms with van der Waals surface area (Å²) in [4.78, 5) is 48.8. The van der Waals surface area contributed by atoms with Gasteiger partial charge < -0.3 is 10.0 Å². The minimum absolute atomic E-state index is 0.0224. The molecule has 0 saturated heterocycles. The van der Waals surface area contributed by atoms with Crippen molar-refractivity contribution in [1.29, 1.82) is 0 Å². The van der Waals surface area contributed by atoms with E-state index in [4.69, 9.17) is 0 Å². The highest BCUT2D eigenvalue weighted by molar-refractivity contribution is 7.99. The summed E-state index contributed by atoms with van der Waals surface area (Å²) in [6.45, 7) is 4.25. The lowest BCUT2D eigenvalue weighted by Gasteiger charge is -2.27. The van der Waals surface area contributed by atoms with Crippen molar-refractivity contribution in [2.75, 3.05) is 12.8 Å². The molecule has 1 heterocycles. The monoisotopic (exact) mass is 392 g/mol. The Morgan fingerprint density at radius 3 is 2.33 bits per heavy atom. The molecule has 1 aromatic carbocycles. The summed E-state index contributed by atoms with van der Waals surface area (Å²) in [6, 6.07) is 5.06. The number of carbonyl (C=O) groups excluding carboxylic acids is 2. The van der Waals surface area contributed by atoms with E-state index in [-0.39, 0.29) is 28.3 Å². The van der Waals surface area contributed by atoms with E-state index in [0.29, 0.717) is 6.54 Å². The SMILES string of the molecule is CS[C@H]1C(C(=O)c2ccc([N+](=O)[O-])cc2)=C(CC(=O)O)C(=O)N1CC(C)C. The number of non-ortho nitro benzene ring substituents is 1. The van der Waals surface area contributed by atoms with Crippen LogP contribution in [-0.4, -0.2) is 50.8 Å². The number of Topliss-reactive ketones (excluding diaryl/α,β-unsaturated/α-hetero) is 1. The molecule has 1 aliphatic rings. The van der Waals surface area contributed by atoms with Gasteiger partial charge in [0.1, 0.15) is 5.37 Å². The highest BCUT2D eigenvalue weighted by Gasteiger charge is 2.42. The third kappa shape index (κ3) is 4.36. The number of nitro benzene ring substituents is 1. The maximum atomic E-state index is 13.1. The predicted octanol–water partition coefficient (Wildman–Crippen LogP) is 2.74. The number of rotatable bonds is 8. The quantitative estimate of drug-likeness (QED) is 0.410. The van der Waals surface area contributed by atoms with Crippen LogP contribution in [0.3, 0.4) is 0 Å². The molecule has 8 nitrogen and oxygen atoms in total. The van der Waals surface area contributed by atoms with Gasteiger partial charge in [-0.1, -0.05) is 13.8 Å². The topological polar surface area (TPSA) is 118 Å². The van der Waals surface area contributed by atoms with Gasteiger partial charge in [0.15, 0.2) is 5.78 Å². The Morgan fingerprint density at radius 1 is 1.30 bits per heavy atom. The van der Waals surface area contributed by atoms with E-state index in [1.54, 1.807) is 6.26 Å². The van der Waals surface area contributed by atoms with Gasteiger partial charge in [-0.2, -0.15) is 0 Å². The van der Waals surface area contributed by atoms with Gasteiger partial charge in [-0.25, -0.2) is 0 Å². The van der Waals surface area contributed by atoms with E-state index in [2.05, 4.69) is 0 Å². The van der Waals surface area contributed by atoms with Crippen LogP contribution in [0.5, 0.6) is 0 Å². The average molecular weight is 392 g/mol. The summed E-state index contributed by atoms with van der Waals surface area (Å²) in [7, 11) is 0. The molecule has 9 heteroatoms. The molecule has 0 saturated carbocycles. The summed E-state index contributed by atoms with van der Waals surface area (Å²) in [5.74, 6) is -1.99. The van der Waals surface area contributed by atoms with Gasteiger partial charge in [-0.05, 0) is 24.3 Å². The minimum Gasteiger partial charge on any atom is -0.481 e. The number of ketones is 1. The van der Waals surface area contributed by atoms with Crippen molar-refractivity contribution in [1.82, 2.24) is 4.90 Å². The minimum atomic E-state index is -1.20. The molecule has 1 amide bonds. The van der Waals surface area contributed by atoms with Gasteiger partial charge in [0.05, 0.1) is 11.3 Å². The zero-order valence-corrected chi connectivity index (χ0v) is 16.0. The fourth-order valence-electron chi connectivity index (χ4n) is 2.98. The van der Waals surface area contributed by atoms with Crippen LogP contribution in [0.4, 0.5) is 5.69 Å². The Labute approximate surface area is 160 Å². The molecule has 27 heavy (non-hydrogen) atoms. The Morgan fingerprint density at radius 2 is 1.89 bits per heavy atom. The number of thioether (sulfide) groups is 1. The number of carbonyl (C=O) groups is 3. The van der Waals surface area contributed by atoms with E-state index in [1.807, 2.05) is 13.8 Å². The summed E-state index contributed by atoms with van der Waals surface area (Å²) in [5, 5.41) is 19.4. The van der Waals surface area contributed by atoms with Crippen molar-refractivity contribution < 1.29 is 24.4 Å². The molecule has 0 aromatic heterocycles. The zero-order chi connectivity index (χ0) is 20.3. The van der Waals surface area contributed by atoms with Crippen molar-refractivity contribution in [2.24, 2.45) is 5.92 Å². The maximum Gasteiger partial charge on any atom is 0.308 e. The van der Waals surface area contributed by atoms with E-state index >= 15 is 0 Å². The summed E-state index contributed by atoms with van der Waals surface area (Å²) in [5.41, 5.74) is 0.142. The average Bonchev–Trinajstić information content (AvgIpc) is 2.85. The number of amides is 1. The van der Waals surface area contributed by atoms with E-state index in [1.165, 1.54) is 40.9 Å². The molecule has 1 N–H and O–H groups in total. The normalized spacial score (nSPS) is 17.0. The van der Waals surface area contributed by atoms with Gasteiger partial charge in [0, 0.05) is 35.4 Å². The lowest BCUT2D eigenvalue weighted by atomic mass is 9.98. The first-order valence-corrected chi connectivity index (χ1v) is 9.53. The third-order valence-corrected chi connectivity index (χ3v) is 5.01. The van der Waals surface area contributed by atoms with Crippen molar-refractivity contribution >= 4 is 35.1 Å². The van der Waals surface area contributed by atoms with Gasteiger partial charge in [0.2, 0.25) is 0 Å². The number of nitro groups is 1. The van der Waals surface area contributed by atoms with Crippen LogP contribution in [0, 0.1) is 16.0 Å². The number of hydrogen-bond donors (Lipinski definition) is 1. The molecule has 0 aliphatic carbocycles. The molecule has 1 aromatic rings. The Hall–Kier alpha value is -2.68. The highest BCUT2D eigenvalue weighted by atomic mass is 32.2. The lowest BCUT2D eigenvalue weighted by Crippen LogP contribution is -2.37. The summed E-state index contributed by atoms with van der Waals surface area (Å²) >= 11 is 1.28. The van der Waals surface area contributed by atoms with E-state index < -0.39 is 34.4 Å². The van der Waals surface area contributed by atoms with Crippen molar-refractivity contribution in [3.63, 3.8) is 0 Å². The molecule has 1 aliphatic heterocycles. The van der Waals surface area contributed by atoms with Crippen LogP contribution >= 0.6 is 11.8 Å². The van der Waals surface area contributed by atoms with Crippen molar-refractivity contribution in [2.45, 2.75) is 25.6 Å². The second-order valence-electron chi connectivity index (χ2n) is 6.54. The summed E-state index contributed by atoms with van der Waals surface area (Å²) < 4.78 is 0. The number of hydrogen-bond acceptors (Lipinski definition) is 6. The molecule has 0 bridgehead atoms. The first-order valence-electron chi connectivity index (χ1n) is 8.25. The van der Waals surface area contributed by atoms with E-state index in [0.717, 1.165) is 0 Å². The lowest BCUT2D eigenvalue weighted by molar-refractivity contribution is -0.384. The molecule has 0 radical (unpaired) electrons. The number of nitrogens with zero attached hydrogens (tertiary/aromatic N) is 2. The Bertz CT molecular complexity index is 816. The number of carboxylic acid groups (broad SMARTS) is 1. The zero-order valence-electron chi connectivity index (χ0n) is 15.2. The molecular formula is C18H20N2O6S. The van der Waals surface area contributed by atoms with Gasteiger partial charge in [-0.3, -0.25) is 24.5 Å². The van der Waals surface area contributed by atoms with Crippen LogP contribution in [0.25, 0.3) is 0 Å². The fourth-order valence-corrected chi connectivity index (χ4v) is 3.90. The van der Waals surface area contributed by atoms with E-state index in [9.17, 15) is 29.6 Å². The van der Waals surface area contributed by atoms with Crippen LogP contribution in [0.2, 0.25) is 0 Å². The maximum absolute atomic E-state index is 13.1. The molecule has 1 atom stereocenters. The molecular weight excluding hydrogens is 372 g/mol. The second-order valence-corrected chi connectivity index (χ2v) is 7.45. The number of benzene rings is 1. The van der Waals surface area contributed by atoms with Crippen LogP contribution < -0.4 is 0 Å². The van der Waals surface area contributed by atoms with Gasteiger partial charge in [-0.15, -0.1) is 11.8 Å². The Kier molecular flexibility index (Phi) is 6.37. The first kappa shape index (κ1) is 20.6. The summed E-state index contributed by atoms with van der Waals surface area (Å²) in [6.07, 6.45) is 1.20. The number of carboxylic acids is 1. The largest absolute Gasteiger partial charge is 0.481 e. The first-order chi connectivity index (χ1) is 12.7. The second kappa shape index (κ2) is 8.34. The molecule has 0 fully saturated rings. The standard InChI is InChI=1S/C18H20N2O6S/c1-10(2)9-19-17(24)13(8-14(21)22)15(18(19)27-3)16(23)11-4-6-12(7-5-11)20(25)26/h4-7,10,18H,8-9H2,1-3H3,(H,21,22)/t18-/m0/s1. The van der Waals surface area contributed by atoms with Crippen LogP contribution in [0.15, 0.2) is 35.4 Å². The van der Waals surface area contributed by atoms with Crippen LogP contribution in [-0.2, 0) is 9.59 Å². The fraction of sp³-hybridized carbons (Fsp3) is 0.389. The molecule has 0 unspecified atom stereocenters. The van der Waals surface area contributed by atoms with Crippen molar-refractivity contribution in [3.05, 3.63) is 51.1 Å². The third-order valence-electron chi connectivity index (χ3n) is 4.07.